The van der Waals surface area contributed by atoms with Crippen molar-refractivity contribution in [3.63, 3.8) is 0 Å². The number of anilines is 2. The summed E-state index contributed by atoms with van der Waals surface area (Å²) in [4.78, 5) is 21.7. The molecule has 0 saturated heterocycles. The van der Waals surface area contributed by atoms with Crippen LogP contribution >= 0.6 is 0 Å². The van der Waals surface area contributed by atoms with Gasteiger partial charge in [-0.1, -0.05) is 37.6 Å². The number of nitrogen functional groups attached to an aromatic ring is 1. The van der Waals surface area contributed by atoms with Crippen molar-refractivity contribution in [1.82, 2.24) is 19.9 Å². The third-order valence-electron chi connectivity index (χ3n) is 5.31. The Labute approximate surface area is 186 Å². The molecule has 2 aromatic carbocycles. The van der Waals surface area contributed by atoms with Gasteiger partial charge in [0.1, 0.15) is 11.3 Å². The zero-order chi connectivity index (χ0) is 22.5. The minimum absolute atomic E-state index is 0.328. The number of nitrogens with zero attached hydrogens (tertiary/aromatic N) is 4. The third-order valence-corrected chi connectivity index (χ3v) is 5.31. The number of urea groups is 1. The maximum absolute atomic E-state index is 12.4. The summed E-state index contributed by atoms with van der Waals surface area (Å²) in [5.41, 5.74) is 9.77. The fourth-order valence-electron chi connectivity index (χ4n) is 3.79. The van der Waals surface area contributed by atoms with Crippen LogP contribution in [0.15, 0.2) is 48.5 Å². The number of pyridine rings is 1. The maximum Gasteiger partial charge on any atom is 0.319 e. The zero-order valence-corrected chi connectivity index (χ0v) is 17.9. The highest BCUT2D eigenvalue weighted by molar-refractivity contribution is 6.06. The van der Waals surface area contributed by atoms with E-state index in [-0.39, 0.29) is 6.03 Å². The molecule has 0 aliphatic rings. The van der Waals surface area contributed by atoms with E-state index < -0.39 is 0 Å². The molecular formula is C24H25N7O. The highest BCUT2D eigenvalue weighted by Gasteiger charge is 2.17. The molecule has 8 heteroatoms. The molecule has 0 aliphatic heterocycles. The van der Waals surface area contributed by atoms with Crippen molar-refractivity contribution in [2.75, 3.05) is 17.6 Å². The molecule has 4 aromatic rings. The van der Waals surface area contributed by atoms with Crippen molar-refractivity contribution in [3.8, 4) is 6.07 Å². The van der Waals surface area contributed by atoms with Crippen LogP contribution in [-0.4, -0.2) is 27.1 Å². The van der Waals surface area contributed by atoms with Gasteiger partial charge in [0.2, 0.25) is 0 Å². The lowest BCUT2D eigenvalue weighted by Crippen LogP contribution is -2.31. The summed E-state index contributed by atoms with van der Waals surface area (Å²) in [7, 11) is 0. The van der Waals surface area contributed by atoms with Gasteiger partial charge in [-0.05, 0) is 30.7 Å². The lowest BCUT2D eigenvalue weighted by Gasteiger charge is -2.12. The average Bonchev–Trinajstić information content (AvgIpc) is 3.17. The zero-order valence-electron chi connectivity index (χ0n) is 17.9. The van der Waals surface area contributed by atoms with E-state index in [9.17, 15) is 4.79 Å². The SMILES string of the molecule is CCCCc1nc2c(N)nc3ccccc3c2n1CCNC(=O)Nc1cccc(C#N)c1. The normalized spacial score (nSPS) is 10.9. The minimum Gasteiger partial charge on any atom is -0.382 e. The largest absolute Gasteiger partial charge is 0.382 e. The van der Waals surface area contributed by atoms with E-state index in [0.29, 0.717) is 35.7 Å². The van der Waals surface area contributed by atoms with Gasteiger partial charge in [-0.2, -0.15) is 5.26 Å². The standard InChI is InChI=1S/C24H25N7O/c1-2-3-11-20-30-21-22(18-9-4-5-10-19(18)29-23(21)26)31(20)13-12-27-24(32)28-17-8-6-7-16(14-17)15-25/h4-10,14H,2-3,11-13H2,1H3,(H2,26,29)(H2,27,28,32). The number of hydrogen-bond donors (Lipinski definition) is 3. The second-order valence-corrected chi connectivity index (χ2v) is 7.57. The Kier molecular flexibility index (Phi) is 6.17. The van der Waals surface area contributed by atoms with Crippen molar-refractivity contribution in [3.05, 3.63) is 59.9 Å². The van der Waals surface area contributed by atoms with Crippen LogP contribution in [0.5, 0.6) is 0 Å². The minimum atomic E-state index is -0.328. The molecule has 162 valence electrons. The average molecular weight is 428 g/mol. The Balaban J connectivity index is 1.57. The van der Waals surface area contributed by atoms with Crippen LogP contribution in [0.4, 0.5) is 16.3 Å². The number of carbonyl (C=O) groups excluding carboxylic acids is 1. The number of nitrogens with two attached hydrogens (primary N) is 1. The summed E-state index contributed by atoms with van der Waals surface area (Å²) in [5, 5.41) is 15.7. The Morgan fingerprint density at radius 1 is 1.19 bits per heavy atom. The number of imidazole rings is 1. The monoisotopic (exact) mass is 427 g/mol. The fraction of sp³-hybridized carbons (Fsp3) is 0.250. The first-order chi connectivity index (χ1) is 15.6. The first kappa shape index (κ1) is 21.1. The van der Waals surface area contributed by atoms with E-state index in [1.165, 1.54) is 0 Å². The summed E-state index contributed by atoms with van der Waals surface area (Å²) in [6.07, 6.45) is 2.89. The fourth-order valence-corrected chi connectivity index (χ4v) is 3.79. The molecule has 0 bridgehead atoms. The molecule has 4 rings (SSSR count). The lowest BCUT2D eigenvalue weighted by molar-refractivity contribution is 0.251. The van der Waals surface area contributed by atoms with Gasteiger partial charge >= 0.3 is 6.03 Å². The molecule has 8 nitrogen and oxygen atoms in total. The third kappa shape index (κ3) is 4.32. The number of amides is 2. The Bertz CT molecular complexity index is 1320. The van der Waals surface area contributed by atoms with E-state index in [0.717, 1.165) is 41.5 Å². The van der Waals surface area contributed by atoms with Crippen molar-refractivity contribution >= 4 is 39.5 Å². The number of benzene rings is 2. The number of nitriles is 1. The van der Waals surface area contributed by atoms with Crippen molar-refractivity contribution in [2.24, 2.45) is 0 Å². The predicted octanol–water partition coefficient (Wildman–Crippen LogP) is 4.20. The summed E-state index contributed by atoms with van der Waals surface area (Å²) in [6, 6.07) is 16.4. The number of aryl methyl sites for hydroxylation is 1. The quantitative estimate of drug-likeness (QED) is 0.408. The van der Waals surface area contributed by atoms with Gasteiger partial charge in [0, 0.05) is 30.6 Å². The van der Waals surface area contributed by atoms with E-state index in [4.69, 9.17) is 16.0 Å². The number of para-hydroxylation sites is 1. The molecule has 2 heterocycles. The van der Waals surface area contributed by atoms with Crippen LogP contribution in [0.3, 0.4) is 0 Å². The number of unbranched alkanes of at least 4 members (excludes halogenated alkanes) is 1. The number of hydrogen-bond acceptors (Lipinski definition) is 5. The molecule has 2 amide bonds. The molecule has 2 aromatic heterocycles. The maximum atomic E-state index is 12.4. The van der Waals surface area contributed by atoms with Crippen molar-refractivity contribution < 1.29 is 4.79 Å². The number of fused-ring (bicyclic) bond motifs is 3. The molecule has 0 saturated carbocycles. The van der Waals surface area contributed by atoms with E-state index in [2.05, 4.69) is 33.2 Å². The van der Waals surface area contributed by atoms with E-state index in [1.54, 1.807) is 24.3 Å². The van der Waals surface area contributed by atoms with Gasteiger partial charge < -0.3 is 20.9 Å². The van der Waals surface area contributed by atoms with Gasteiger partial charge in [0.15, 0.2) is 5.82 Å². The summed E-state index contributed by atoms with van der Waals surface area (Å²) in [5.74, 6) is 1.36. The Hall–Kier alpha value is -4.12. The van der Waals surface area contributed by atoms with Crippen LogP contribution in [0.25, 0.3) is 21.9 Å². The van der Waals surface area contributed by atoms with Crippen molar-refractivity contribution in [1.29, 1.82) is 5.26 Å². The molecule has 0 atom stereocenters. The molecule has 4 N–H and O–H groups in total. The summed E-state index contributed by atoms with van der Waals surface area (Å²) in [6.45, 7) is 3.10. The second kappa shape index (κ2) is 9.35. The molecule has 32 heavy (non-hydrogen) atoms. The van der Waals surface area contributed by atoms with Crippen LogP contribution in [0, 0.1) is 11.3 Å². The first-order valence-electron chi connectivity index (χ1n) is 10.7. The highest BCUT2D eigenvalue weighted by Crippen LogP contribution is 2.29. The van der Waals surface area contributed by atoms with Gasteiger partial charge in [-0.3, -0.25) is 0 Å². The topological polar surface area (TPSA) is 122 Å². The second-order valence-electron chi connectivity index (χ2n) is 7.57. The first-order valence-corrected chi connectivity index (χ1v) is 10.7. The van der Waals surface area contributed by atoms with Gasteiger partial charge in [0.05, 0.1) is 22.7 Å². The smallest absolute Gasteiger partial charge is 0.319 e. The van der Waals surface area contributed by atoms with Crippen LogP contribution < -0.4 is 16.4 Å². The lowest BCUT2D eigenvalue weighted by atomic mass is 10.2. The van der Waals surface area contributed by atoms with Crippen LogP contribution in [0.1, 0.15) is 31.2 Å². The molecule has 0 unspecified atom stereocenters. The number of carbonyl (C=O) groups is 1. The number of aromatic nitrogens is 3. The van der Waals surface area contributed by atoms with Crippen LogP contribution in [0.2, 0.25) is 0 Å². The molecule has 0 spiro atoms. The van der Waals surface area contributed by atoms with E-state index in [1.807, 2.05) is 24.3 Å². The van der Waals surface area contributed by atoms with Gasteiger partial charge in [0.25, 0.3) is 0 Å². The molecule has 0 radical (unpaired) electrons. The number of rotatable bonds is 7. The molecule has 0 aliphatic carbocycles. The van der Waals surface area contributed by atoms with Gasteiger partial charge in [-0.15, -0.1) is 0 Å². The highest BCUT2D eigenvalue weighted by atomic mass is 16.2. The van der Waals surface area contributed by atoms with Crippen LogP contribution in [-0.2, 0) is 13.0 Å². The number of nitrogens with one attached hydrogen (secondary N) is 2. The Morgan fingerprint density at radius 3 is 2.84 bits per heavy atom. The van der Waals surface area contributed by atoms with E-state index >= 15 is 0 Å². The van der Waals surface area contributed by atoms with Gasteiger partial charge in [-0.25, -0.2) is 14.8 Å². The Morgan fingerprint density at radius 2 is 2.03 bits per heavy atom. The summed E-state index contributed by atoms with van der Waals surface area (Å²) >= 11 is 0. The predicted molar refractivity (Wildman–Crippen MR) is 126 cm³/mol. The molecular weight excluding hydrogens is 402 g/mol. The summed E-state index contributed by atoms with van der Waals surface area (Å²) < 4.78 is 2.14. The molecule has 0 fully saturated rings. The van der Waals surface area contributed by atoms with Crippen molar-refractivity contribution in [2.45, 2.75) is 32.7 Å².